The number of unbranched alkanes of at least 4 members (excludes halogenated alkanes) is 1. The molecule has 94 valence electrons. The average Bonchev–Trinajstić information content (AvgIpc) is 2.22. The van der Waals surface area contributed by atoms with Gasteiger partial charge in [0, 0.05) is 6.61 Å². The monoisotopic (exact) mass is 233 g/mol. The molecular weight excluding hydrogens is 214 g/mol. The zero-order valence-corrected chi connectivity index (χ0v) is 9.44. The summed E-state index contributed by atoms with van der Waals surface area (Å²) in [6, 6.07) is 0. The summed E-state index contributed by atoms with van der Waals surface area (Å²) < 4.78 is 4.82. The molecule has 4 N–H and O–H groups in total. The molecule has 0 saturated carbocycles. The highest BCUT2D eigenvalue weighted by atomic mass is 16.5. The van der Waals surface area contributed by atoms with Gasteiger partial charge >= 0.3 is 11.9 Å². The molecule has 0 rings (SSSR count). The largest absolute Gasteiger partial charge is 0.480 e. The van der Waals surface area contributed by atoms with Crippen molar-refractivity contribution in [2.45, 2.75) is 32.6 Å². The molecule has 0 aromatic carbocycles. The Morgan fingerprint density at radius 3 is 2.19 bits per heavy atom. The molecule has 16 heavy (non-hydrogen) atoms. The van der Waals surface area contributed by atoms with E-state index >= 15 is 0 Å². The Bertz CT molecular complexity index is 227. The molecule has 0 aromatic rings. The second-order valence-electron chi connectivity index (χ2n) is 3.62. The van der Waals surface area contributed by atoms with Crippen LogP contribution in [0.3, 0.4) is 0 Å². The Kier molecular flexibility index (Phi) is 6.67. The maximum atomic E-state index is 11.1. The molecule has 0 heterocycles. The van der Waals surface area contributed by atoms with Crippen LogP contribution in [0.2, 0.25) is 0 Å². The Hall–Kier alpha value is -1.14. The third-order valence-corrected chi connectivity index (χ3v) is 2.57. The first-order valence-corrected chi connectivity index (χ1v) is 5.26. The van der Waals surface area contributed by atoms with Crippen LogP contribution in [-0.2, 0) is 14.3 Å². The molecule has 0 aliphatic heterocycles. The SMILES string of the molecule is CCCCC(CCOCN)(C(=O)O)C(=O)O. The van der Waals surface area contributed by atoms with Crippen molar-refractivity contribution in [1.82, 2.24) is 0 Å². The van der Waals surface area contributed by atoms with Gasteiger partial charge in [0.1, 0.15) is 0 Å². The van der Waals surface area contributed by atoms with E-state index in [1.807, 2.05) is 6.92 Å². The predicted molar refractivity (Wildman–Crippen MR) is 56.9 cm³/mol. The minimum Gasteiger partial charge on any atom is -0.480 e. The van der Waals surface area contributed by atoms with Crippen molar-refractivity contribution in [3.63, 3.8) is 0 Å². The van der Waals surface area contributed by atoms with Crippen LogP contribution in [0.1, 0.15) is 32.6 Å². The standard InChI is InChI=1S/C10H19NO5/c1-2-3-4-10(8(12)13,9(14)15)5-6-16-7-11/h2-7,11H2,1H3,(H,12,13)(H,14,15). The molecule has 6 nitrogen and oxygen atoms in total. The van der Waals surface area contributed by atoms with Gasteiger partial charge < -0.3 is 20.7 Å². The van der Waals surface area contributed by atoms with Gasteiger partial charge in [0.15, 0.2) is 5.41 Å². The second kappa shape index (κ2) is 7.19. The van der Waals surface area contributed by atoms with Crippen LogP contribution in [0, 0.1) is 5.41 Å². The highest BCUT2D eigenvalue weighted by molar-refractivity contribution is 5.98. The van der Waals surface area contributed by atoms with E-state index in [1.54, 1.807) is 0 Å². The first-order chi connectivity index (χ1) is 7.51. The summed E-state index contributed by atoms with van der Waals surface area (Å²) in [5, 5.41) is 18.1. The first kappa shape index (κ1) is 14.9. The van der Waals surface area contributed by atoms with Crippen molar-refractivity contribution < 1.29 is 24.5 Å². The lowest BCUT2D eigenvalue weighted by Gasteiger charge is -2.24. The minimum absolute atomic E-state index is 0.0386. The molecule has 0 radical (unpaired) electrons. The van der Waals surface area contributed by atoms with Crippen LogP contribution in [0.25, 0.3) is 0 Å². The van der Waals surface area contributed by atoms with E-state index in [-0.39, 0.29) is 26.2 Å². The van der Waals surface area contributed by atoms with Gasteiger partial charge in [-0.2, -0.15) is 0 Å². The molecular formula is C10H19NO5. The maximum absolute atomic E-state index is 11.1. The normalized spacial score (nSPS) is 11.4. The van der Waals surface area contributed by atoms with Gasteiger partial charge in [-0.1, -0.05) is 19.8 Å². The first-order valence-electron chi connectivity index (χ1n) is 5.26. The Morgan fingerprint density at radius 2 is 1.81 bits per heavy atom. The minimum atomic E-state index is -1.74. The quantitative estimate of drug-likeness (QED) is 0.306. The van der Waals surface area contributed by atoms with Crippen LogP contribution in [0.5, 0.6) is 0 Å². The number of carboxylic acid groups (broad SMARTS) is 2. The van der Waals surface area contributed by atoms with E-state index in [9.17, 15) is 9.59 Å². The van der Waals surface area contributed by atoms with Crippen LogP contribution in [0.4, 0.5) is 0 Å². The zero-order valence-electron chi connectivity index (χ0n) is 9.44. The summed E-state index contributed by atoms with van der Waals surface area (Å²) in [7, 11) is 0. The van der Waals surface area contributed by atoms with Crippen molar-refractivity contribution in [3.05, 3.63) is 0 Å². The molecule has 0 atom stereocenters. The molecule has 0 aliphatic carbocycles. The summed E-state index contributed by atoms with van der Waals surface area (Å²) >= 11 is 0. The van der Waals surface area contributed by atoms with Crippen molar-refractivity contribution in [2.75, 3.05) is 13.3 Å². The lowest BCUT2D eigenvalue weighted by Crippen LogP contribution is -2.40. The molecule has 6 heteroatoms. The number of ether oxygens (including phenoxy) is 1. The molecule has 0 aromatic heterocycles. The van der Waals surface area contributed by atoms with E-state index in [0.29, 0.717) is 6.42 Å². The summed E-state index contributed by atoms with van der Waals surface area (Å²) in [5.74, 6) is -2.62. The van der Waals surface area contributed by atoms with Gasteiger partial charge in [-0.05, 0) is 12.8 Å². The number of rotatable bonds is 9. The molecule has 0 fully saturated rings. The molecule has 0 amide bonds. The predicted octanol–water partition coefficient (Wildman–Crippen LogP) is 0.655. The number of carboxylic acids is 2. The average molecular weight is 233 g/mol. The number of hydrogen-bond acceptors (Lipinski definition) is 4. The van der Waals surface area contributed by atoms with E-state index < -0.39 is 17.4 Å². The molecule has 0 saturated heterocycles. The third-order valence-electron chi connectivity index (χ3n) is 2.57. The second-order valence-corrected chi connectivity index (χ2v) is 3.62. The number of carbonyl (C=O) groups is 2. The van der Waals surface area contributed by atoms with Crippen LogP contribution < -0.4 is 5.73 Å². The van der Waals surface area contributed by atoms with Gasteiger partial charge in [-0.25, -0.2) is 0 Å². The van der Waals surface area contributed by atoms with Crippen LogP contribution in [-0.4, -0.2) is 35.5 Å². The summed E-state index contributed by atoms with van der Waals surface area (Å²) in [4.78, 5) is 22.2. The maximum Gasteiger partial charge on any atom is 0.321 e. The lowest BCUT2D eigenvalue weighted by atomic mass is 9.80. The third kappa shape index (κ3) is 3.79. The van der Waals surface area contributed by atoms with Gasteiger partial charge in [-0.15, -0.1) is 0 Å². The number of aliphatic carboxylic acids is 2. The molecule has 0 aliphatic rings. The topological polar surface area (TPSA) is 110 Å². The Balaban J connectivity index is 4.66. The van der Waals surface area contributed by atoms with Crippen molar-refractivity contribution in [3.8, 4) is 0 Å². The fourth-order valence-electron chi connectivity index (χ4n) is 1.45. The molecule has 0 unspecified atom stereocenters. The van der Waals surface area contributed by atoms with Crippen molar-refractivity contribution >= 4 is 11.9 Å². The fourth-order valence-corrected chi connectivity index (χ4v) is 1.45. The van der Waals surface area contributed by atoms with E-state index in [0.717, 1.165) is 6.42 Å². The van der Waals surface area contributed by atoms with E-state index in [2.05, 4.69) is 0 Å². The summed E-state index contributed by atoms with van der Waals surface area (Å²) in [5.41, 5.74) is 3.35. The van der Waals surface area contributed by atoms with Gasteiger partial charge in [0.2, 0.25) is 0 Å². The van der Waals surface area contributed by atoms with Crippen molar-refractivity contribution in [2.24, 2.45) is 11.1 Å². The van der Waals surface area contributed by atoms with Crippen LogP contribution in [0.15, 0.2) is 0 Å². The zero-order chi connectivity index (χ0) is 12.6. The summed E-state index contributed by atoms with van der Waals surface area (Å²) in [6.45, 7) is 1.88. The van der Waals surface area contributed by atoms with Gasteiger partial charge in [0.05, 0.1) is 6.73 Å². The van der Waals surface area contributed by atoms with Crippen LogP contribution >= 0.6 is 0 Å². The number of hydrogen-bond donors (Lipinski definition) is 3. The lowest BCUT2D eigenvalue weighted by molar-refractivity contribution is -0.167. The molecule has 0 spiro atoms. The summed E-state index contributed by atoms with van der Waals surface area (Å²) in [6.07, 6.45) is 1.36. The van der Waals surface area contributed by atoms with Gasteiger partial charge in [0.25, 0.3) is 0 Å². The Morgan fingerprint density at radius 1 is 1.25 bits per heavy atom. The fraction of sp³-hybridized carbons (Fsp3) is 0.800. The highest BCUT2D eigenvalue weighted by Crippen LogP contribution is 2.30. The van der Waals surface area contributed by atoms with Gasteiger partial charge in [-0.3, -0.25) is 9.59 Å². The Labute approximate surface area is 94.4 Å². The van der Waals surface area contributed by atoms with Crippen molar-refractivity contribution in [1.29, 1.82) is 0 Å². The molecule has 0 bridgehead atoms. The highest BCUT2D eigenvalue weighted by Gasteiger charge is 2.45. The number of nitrogens with two attached hydrogens (primary N) is 1. The van der Waals surface area contributed by atoms with E-state index in [1.165, 1.54) is 0 Å². The van der Waals surface area contributed by atoms with E-state index in [4.69, 9.17) is 20.7 Å². The smallest absolute Gasteiger partial charge is 0.321 e.